The molecule has 1 heterocycles. The van der Waals surface area contributed by atoms with Gasteiger partial charge in [0.2, 0.25) is 0 Å². The van der Waals surface area contributed by atoms with Gasteiger partial charge in [0, 0.05) is 17.8 Å². The van der Waals surface area contributed by atoms with Crippen LogP contribution < -0.4 is 5.32 Å². The van der Waals surface area contributed by atoms with E-state index in [1.165, 1.54) is 12.1 Å². The fraction of sp³-hybridized carbons (Fsp3) is 0.200. The van der Waals surface area contributed by atoms with Crippen molar-refractivity contribution in [1.82, 2.24) is 0 Å². The molecule has 0 saturated heterocycles. The van der Waals surface area contributed by atoms with Crippen molar-refractivity contribution >= 4 is 5.69 Å². The van der Waals surface area contributed by atoms with Crippen LogP contribution in [0.5, 0.6) is 0 Å². The van der Waals surface area contributed by atoms with Gasteiger partial charge in [0.15, 0.2) is 6.17 Å². The molecule has 1 aliphatic heterocycles. The van der Waals surface area contributed by atoms with Crippen molar-refractivity contribution < 1.29 is 8.78 Å². The number of nitrogens with one attached hydrogen (secondary N) is 1. The monoisotopic (exact) mass is 245 g/mol. The molecule has 0 aromatic heterocycles. The van der Waals surface area contributed by atoms with Gasteiger partial charge in [-0.2, -0.15) is 0 Å². The Hall–Kier alpha value is -1.90. The maximum absolute atomic E-state index is 14.3. The zero-order valence-corrected chi connectivity index (χ0v) is 9.79. The molecule has 0 amide bonds. The first-order valence-corrected chi connectivity index (χ1v) is 6.01. The Morgan fingerprint density at radius 1 is 1.11 bits per heavy atom. The molecule has 2 aromatic rings. The molecule has 92 valence electrons. The number of alkyl halides is 1. The summed E-state index contributed by atoms with van der Waals surface area (Å²) in [6.45, 7) is 0.884. The Labute approximate surface area is 104 Å². The van der Waals surface area contributed by atoms with Crippen molar-refractivity contribution in [3.63, 3.8) is 0 Å². The van der Waals surface area contributed by atoms with Gasteiger partial charge < -0.3 is 5.32 Å². The van der Waals surface area contributed by atoms with Crippen LogP contribution in [0.2, 0.25) is 0 Å². The van der Waals surface area contributed by atoms with Crippen LogP contribution in [0.25, 0.3) is 0 Å². The van der Waals surface area contributed by atoms with Gasteiger partial charge in [-0.15, -0.1) is 0 Å². The fourth-order valence-corrected chi connectivity index (χ4v) is 2.34. The fourth-order valence-electron chi connectivity index (χ4n) is 2.34. The van der Waals surface area contributed by atoms with Crippen LogP contribution in [-0.2, 0) is 6.42 Å². The Bertz CT molecular complexity index is 580. The molecule has 18 heavy (non-hydrogen) atoms. The summed E-state index contributed by atoms with van der Waals surface area (Å²) in [6.07, 6.45) is -0.509. The second-order valence-electron chi connectivity index (χ2n) is 4.48. The minimum atomic E-state index is -1.41. The van der Waals surface area contributed by atoms with E-state index >= 15 is 0 Å². The quantitative estimate of drug-likeness (QED) is 0.847. The second-order valence-corrected chi connectivity index (χ2v) is 4.48. The van der Waals surface area contributed by atoms with E-state index < -0.39 is 12.0 Å². The predicted molar refractivity (Wildman–Crippen MR) is 68.0 cm³/mol. The van der Waals surface area contributed by atoms with Gasteiger partial charge in [-0.3, -0.25) is 0 Å². The lowest BCUT2D eigenvalue weighted by Crippen LogP contribution is -1.98. The molecule has 0 aliphatic carbocycles. The number of hydrogen-bond donors (Lipinski definition) is 1. The highest BCUT2D eigenvalue weighted by Gasteiger charge is 2.19. The number of fused-ring (bicyclic) bond motifs is 1. The van der Waals surface area contributed by atoms with Crippen LogP contribution in [0, 0.1) is 5.82 Å². The van der Waals surface area contributed by atoms with E-state index in [1.54, 1.807) is 18.2 Å². The zero-order valence-electron chi connectivity index (χ0n) is 9.79. The molecule has 3 heteroatoms. The van der Waals surface area contributed by atoms with E-state index in [2.05, 4.69) is 5.32 Å². The van der Waals surface area contributed by atoms with Gasteiger partial charge in [0.05, 0.1) is 0 Å². The molecule has 0 saturated carbocycles. The lowest BCUT2D eigenvalue weighted by molar-refractivity contribution is 0.387. The molecule has 1 atom stereocenters. The largest absolute Gasteiger partial charge is 0.384 e. The number of halogens is 2. The van der Waals surface area contributed by atoms with Crippen molar-refractivity contribution in [1.29, 1.82) is 0 Å². The second kappa shape index (κ2) is 4.41. The Balaban J connectivity index is 1.98. The van der Waals surface area contributed by atoms with Crippen molar-refractivity contribution in [3.05, 3.63) is 65.0 Å². The first kappa shape index (κ1) is 11.2. The Morgan fingerprint density at radius 2 is 1.94 bits per heavy atom. The maximum atomic E-state index is 14.3. The Morgan fingerprint density at radius 3 is 2.78 bits per heavy atom. The highest BCUT2D eigenvalue weighted by Crippen LogP contribution is 2.32. The van der Waals surface area contributed by atoms with Gasteiger partial charge in [0.25, 0.3) is 0 Å². The summed E-state index contributed by atoms with van der Waals surface area (Å²) in [7, 11) is 0. The van der Waals surface area contributed by atoms with Crippen LogP contribution in [0.15, 0.2) is 42.5 Å². The molecule has 1 unspecified atom stereocenters. The standard InChI is InChI=1S/C15H13F2N/c16-13-4-2-1-3-12(13)15(17)11-5-6-14-10(9-11)7-8-18-14/h1-6,9,15,18H,7-8H2. The van der Waals surface area contributed by atoms with E-state index in [1.807, 2.05) is 12.1 Å². The molecule has 0 fully saturated rings. The topological polar surface area (TPSA) is 12.0 Å². The average molecular weight is 245 g/mol. The highest BCUT2D eigenvalue weighted by atomic mass is 19.1. The summed E-state index contributed by atoms with van der Waals surface area (Å²) in [5.74, 6) is -0.497. The summed E-state index contributed by atoms with van der Waals surface area (Å²) >= 11 is 0. The predicted octanol–water partition coefficient (Wildman–Crippen LogP) is 3.85. The van der Waals surface area contributed by atoms with E-state index in [9.17, 15) is 8.78 Å². The third-order valence-electron chi connectivity index (χ3n) is 3.31. The van der Waals surface area contributed by atoms with Crippen molar-refractivity contribution in [2.24, 2.45) is 0 Å². The van der Waals surface area contributed by atoms with Crippen LogP contribution in [-0.4, -0.2) is 6.54 Å². The van der Waals surface area contributed by atoms with Crippen LogP contribution in [0.4, 0.5) is 14.5 Å². The van der Waals surface area contributed by atoms with Gasteiger partial charge in [0.1, 0.15) is 5.82 Å². The number of anilines is 1. The summed E-state index contributed by atoms with van der Waals surface area (Å²) < 4.78 is 27.9. The van der Waals surface area contributed by atoms with Crippen molar-refractivity contribution in [3.8, 4) is 0 Å². The van der Waals surface area contributed by atoms with E-state index in [0.29, 0.717) is 5.56 Å². The summed E-state index contributed by atoms with van der Waals surface area (Å²) in [4.78, 5) is 0. The third kappa shape index (κ3) is 1.86. The molecular weight excluding hydrogens is 232 g/mol. The molecule has 0 radical (unpaired) electrons. The van der Waals surface area contributed by atoms with Crippen LogP contribution >= 0.6 is 0 Å². The SMILES string of the molecule is Fc1ccccc1C(F)c1ccc2c(c1)CCN2. The van der Waals surface area contributed by atoms with Gasteiger partial charge in [-0.1, -0.05) is 30.3 Å². The molecule has 1 aliphatic rings. The first-order chi connectivity index (χ1) is 8.75. The molecule has 1 nitrogen and oxygen atoms in total. The number of benzene rings is 2. The average Bonchev–Trinajstić information content (AvgIpc) is 2.85. The van der Waals surface area contributed by atoms with Crippen molar-refractivity contribution in [2.75, 3.05) is 11.9 Å². The van der Waals surface area contributed by atoms with E-state index in [-0.39, 0.29) is 5.56 Å². The number of hydrogen-bond acceptors (Lipinski definition) is 1. The van der Waals surface area contributed by atoms with Gasteiger partial charge >= 0.3 is 0 Å². The summed E-state index contributed by atoms with van der Waals surface area (Å²) in [6, 6.07) is 11.4. The molecule has 2 aromatic carbocycles. The Kier molecular flexibility index (Phi) is 2.74. The summed E-state index contributed by atoms with van der Waals surface area (Å²) in [5, 5.41) is 3.22. The maximum Gasteiger partial charge on any atom is 0.153 e. The normalized spacial score (nSPS) is 15.0. The van der Waals surface area contributed by atoms with Crippen LogP contribution in [0.3, 0.4) is 0 Å². The van der Waals surface area contributed by atoms with E-state index in [4.69, 9.17) is 0 Å². The van der Waals surface area contributed by atoms with Gasteiger partial charge in [-0.05, 0) is 29.7 Å². The molecule has 1 N–H and O–H groups in total. The highest BCUT2D eigenvalue weighted by molar-refractivity contribution is 5.57. The van der Waals surface area contributed by atoms with Crippen LogP contribution in [0.1, 0.15) is 22.9 Å². The molecular formula is C15H13F2N. The van der Waals surface area contributed by atoms with Gasteiger partial charge in [-0.25, -0.2) is 8.78 Å². The number of rotatable bonds is 2. The lowest BCUT2D eigenvalue weighted by Gasteiger charge is -2.11. The zero-order chi connectivity index (χ0) is 12.5. The molecule has 3 rings (SSSR count). The van der Waals surface area contributed by atoms with E-state index in [0.717, 1.165) is 24.2 Å². The molecule has 0 spiro atoms. The lowest BCUT2D eigenvalue weighted by atomic mass is 9.99. The third-order valence-corrected chi connectivity index (χ3v) is 3.31. The smallest absolute Gasteiger partial charge is 0.153 e. The first-order valence-electron chi connectivity index (χ1n) is 6.01. The van der Waals surface area contributed by atoms with Crippen molar-refractivity contribution in [2.45, 2.75) is 12.6 Å². The summed E-state index contributed by atoms with van der Waals surface area (Å²) in [5.41, 5.74) is 2.77. The molecule has 0 bridgehead atoms. The minimum Gasteiger partial charge on any atom is -0.384 e. The minimum absolute atomic E-state index is 0.100.